The lowest BCUT2D eigenvalue weighted by molar-refractivity contribution is -0.274. The summed E-state index contributed by atoms with van der Waals surface area (Å²) in [6, 6.07) is 7.70. The van der Waals surface area contributed by atoms with Gasteiger partial charge in [0, 0.05) is 12.7 Å². The van der Waals surface area contributed by atoms with Crippen LogP contribution in [0.2, 0.25) is 0 Å². The van der Waals surface area contributed by atoms with E-state index in [1.165, 1.54) is 18.3 Å². The third-order valence-electron chi connectivity index (χ3n) is 3.20. The van der Waals surface area contributed by atoms with Crippen LogP contribution in [0.5, 0.6) is 5.75 Å². The van der Waals surface area contributed by atoms with E-state index in [1.54, 1.807) is 19.1 Å². The number of aromatic nitrogens is 1. The monoisotopic (exact) mass is 355 g/mol. The van der Waals surface area contributed by atoms with Gasteiger partial charge >= 0.3 is 12.4 Å². The van der Waals surface area contributed by atoms with Crippen molar-refractivity contribution in [3.8, 4) is 5.75 Å². The number of amides is 2. The lowest BCUT2D eigenvalue weighted by atomic mass is 10.1. The Hall–Kier alpha value is -2.81. The first-order valence-corrected chi connectivity index (χ1v) is 7.25. The van der Waals surface area contributed by atoms with Gasteiger partial charge in [-0.1, -0.05) is 18.2 Å². The molecule has 3 N–H and O–H groups in total. The van der Waals surface area contributed by atoms with Crippen molar-refractivity contribution in [3.05, 3.63) is 53.7 Å². The zero-order chi connectivity index (χ0) is 18.4. The Bertz CT molecular complexity index is 721. The van der Waals surface area contributed by atoms with Crippen LogP contribution in [0.3, 0.4) is 0 Å². The first-order chi connectivity index (χ1) is 11.7. The van der Waals surface area contributed by atoms with Crippen LogP contribution in [0.4, 0.5) is 23.8 Å². The second kappa shape index (κ2) is 7.84. The van der Waals surface area contributed by atoms with Crippen LogP contribution >= 0.6 is 0 Å². The number of aryl methyl sites for hydroxylation is 1. The van der Waals surface area contributed by atoms with Crippen molar-refractivity contribution in [2.24, 2.45) is 0 Å². The minimum absolute atomic E-state index is 0.128. The standard InChI is InChI=1S/C16H16F3N3O3/c1-10-3-2-8-20-14(10)22-15(24)21-9-13(23)11-4-6-12(7-5-11)25-16(17,18)19/h2-8,13,23H,9H2,1H3,(H2,20,21,22,24)/t13-/m0/s1. The predicted octanol–water partition coefficient (Wildman–Crippen LogP) is 3.14. The molecule has 0 spiro atoms. The molecule has 0 saturated heterocycles. The molecule has 0 bridgehead atoms. The summed E-state index contributed by atoms with van der Waals surface area (Å²) in [5, 5.41) is 15.0. The molecule has 0 aliphatic heterocycles. The smallest absolute Gasteiger partial charge is 0.406 e. The number of ether oxygens (including phenoxy) is 1. The third kappa shape index (κ3) is 5.96. The molecule has 0 fully saturated rings. The summed E-state index contributed by atoms with van der Waals surface area (Å²) < 4.78 is 40.0. The largest absolute Gasteiger partial charge is 0.573 e. The van der Waals surface area contributed by atoms with Crippen LogP contribution in [0, 0.1) is 6.92 Å². The number of anilines is 1. The predicted molar refractivity (Wildman–Crippen MR) is 84.1 cm³/mol. The Morgan fingerprint density at radius 2 is 1.96 bits per heavy atom. The minimum Gasteiger partial charge on any atom is -0.406 e. The highest BCUT2D eigenvalue weighted by molar-refractivity contribution is 5.88. The number of alkyl halides is 3. The summed E-state index contributed by atoms with van der Waals surface area (Å²) in [5.41, 5.74) is 1.11. The topological polar surface area (TPSA) is 83.5 Å². The fraction of sp³-hybridized carbons (Fsp3) is 0.250. The molecule has 0 radical (unpaired) electrons. The van der Waals surface area contributed by atoms with Crippen LogP contribution in [0.25, 0.3) is 0 Å². The molecule has 6 nitrogen and oxygen atoms in total. The van der Waals surface area contributed by atoms with Crippen molar-refractivity contribution < 1.29 is 27.8 Å². The second-order valence-corrected chi connectivity index (χ2v) is 5.14. The Balaban J connectivity index is 1.86. The van der Waals surface area contributed by atoms with Gasteiger partial charge in [-0.3, -0.25) is 5.32 Å². The fourth-order valence-corrected chi connectivity index (χ4v) is 1.97. The van der Waals surface area contributed by atoms with E-state index in [4.69, 9.17) is 0 Å². The average Bonchev–Trinajstić information content (AvgIpc) is 2.54. The molecule has 0 aliphatic rings. The zero-order valence-electron chi connectivity index (χ0n) is 13.2. The minimum atomic E-state index is -4.77. The molecule has 1 atom stereocenters. The summed E-state index contributed by atoms with van der Waals surface area (Å²) in [6.45, 7) is 1.65. The lowest BCUT2D eigenvalue weighted by Crippen LogP contribution is -2.32. The lowest BCUT2D eigenvalue weighted by Gasteiger charge is -2.14. The number of halogens is 3. The van der Waals surface area contributed by atoms with Gasteiger partial charge in [0.2, 0.25) is 0 Å². The average molecular weight is 355 g/mol. The number of urea groups is 1. The van der Waals surface area contributed by atoms with Crippen molar-refractivity contribution in [1.29, 1.82) is 0 Å². The van der Waals surface area contributed by atoms with Crippen molar-refractivity contribution in [3.63, 3.8) is 0 Å². The summed E-state index contributed by atoms with van der Waals surface area (Å²) in [4.78, 5) is 15.8. The number of nitrogens with one attached hydrogen (secondary N) is 2. The number of hydrogen-bond acceptors (Lipinski definition) is 4. The maximum Gasteiger partial charge on any atom is 0.573 e. The summed E-state index contributed by atoms with van der Waals surface area (Å²) in [5.74, 6) is 0.00271. The van der Waals surface area contributed by atoms with E-state index in [1.807, 2.05) is 0 Å². The van der Waals surface area contributed by atoms with E-state index >= 15 is 0 Å². The normalized spacial score (nSPS) is 12.4. The van der Waals surface area contributed by atoms with E-state index in [9.17, 15) is 23.1 Å². The van der Waals surface area contributed by atoms with Crippen LogP contribution in [0.1, 0.15) is 17.2 Å². The molecule has 0 aliphatic carbocycles. The molecule has 25 heavy (non-hydrogen) atoms. The van der Waals surface area contributed by atoms with E-state index in [2.05, 4.69) is 20.4 Å². The molecule has 1 heterocycles. The van der Waals surface area contributed by atoms with Gasteiger partial charge in [0.1, 0.15) is 11.6 Å². The van der Waals surface area contributed by atoms with E-state index in [-0.39, 0.29) is 12.3 Å². The van der Waals surface area contributed by atoms with Gasteiger partial charge < -0.3 is 15.2 Å². The summed E-state index contributed by atoms with van der Waals surface area (Å²) >= 11 is 0. The quantitative estimate of drug-likeness (QED) is 0.769. The number of pyridine rings is 1. The number of carbonyl (C=O) groups is 1. The van der Waals surface area contributed by atoms with Gasteiger partial charge in [-0.05, 0) is 36.2 Å². The number of rotatable bonds is 5. The number of nitrogens with zero attached hydrogens (tertiary/aromatic N) is 1. The van der Waals surface area contributed by atoms with Crippen LogP contribution in [0.15, 0.2) is 42.6 Å². The highest BCUT2D eigenvalue weighted by atomic mass is 19.4. The maximum absolute atomic E-state index is 12.1. The number of hydrogen-bond donors (Lipinski definition) is 3. The van der Waals surface area contributed by atoms with E-state index < -0.39 is 18.5 Å². The first-order valence-electron chi connectivity index (χ1n) is 7.25. The van der Waals surface area contributed by atoms with Crippen LogP contribution in [-0.2, 0) is 0 Å². The number of aliphatic hydroxyl groups is 1. The molecule has 1 aromatic carbocycles. The van der Waals surface area contributed by atoms with Crippen molar-refractivity contribution in [2.75, 3.05) is 11.9 Å². The molecule has 2 amide bonds. The summed E-state index contributed by atoms with van der Waals surface area (Å²) in [7, 11) is 0. The Kier molecular flexibility index (Phi) is 5.81. The summed E-state index contributed by atoms with van der Waals surface area (Å²) in [6.07, 6.45) is -4.33. The van der Waals surface area contributed by atoms with Crippen molar-refractivity contribution in [1.82, 2.24) is 10.3 Å². The number of aliphatic hydroxyl groups excluding tert-OH is 1. The molecular weight excluding hydrogens is 339 g/mol. The third-order valence-corrected chi connectivity index (χ3v) is 3.20. The Morgan fingerprint density at radius 3 is 2.56 bits per heavy atom. The number of benzene rings is 1. The SMILES string of the molecule is Cc1cccnc1NC(=O)NC[C@H](O)c1ccc(OC(F)(F)F)cc1. The van der Waals surface area contributed by atoms with Gasteiger partial charge in [-0.25, -0.2) is 9.78 Å². The van der Waals surface area contributed by atoms with Gasteiger partial charge in [0.05, 0.1) is 6.10 Å². The van der Waals surface area contributed by atoms with E-state index in [0.717, 1.165) is 17.7 Å². The highest BCUT2D eigenvalue weighted by Gasteiger charge is 2.31. The molecular formula is C16H16F3N3O3. The molecule has 0 saturated carbocycles. The van der Waals surface area contributed by atoms with Crippen LogP contribution in [-0.4, -0.2) is 29.0 Å². The zero-order valence-corrected chi connectivity index (χ0v) is 13.2. The Labute approximate surface area is 141 Å². The molecule has 1 aromatic heterocycles. The maximum atomic E-state index is 12.1. The molecule has 2 aromatic rings. The second-order valence-electron chi connectivity index (χ2n) is 5.14. The van der Waals surface area contributed by atoms with Gasteiger partial charge in [-0.15, -0.1) is 13.2 Å². The Morgan fingerprint density at radius 1 is 1.28 bits per heavy atom. The van der Waals surface area contributed by atoms with E-state index in [0.29, 0.717) is 11.4 Å². The van der Waals surface area contributed by atoms with Gasteiger partial charge in [-0.2, -0.15) is 0 Å². The molecule has 0 unspecified atom stereocenters. The first kappa shape index (κ1) is 18.5. The van der Waals surface area contributed by atoms with Gasteiger partial charge in [0.15, 0.2) is 0 Å². The highest BCUT2D eigenvalue weighted by Crippen LogP contribution is 2.24. The molecule has 2 rings (SSSR count). The fourth-order valence-electron chi connectivity index (χ4n) is 1.97. The van der Waals surface area contributed by atoms with Crippen LogP contribution < -0.4 is 15.4 Å². The van der Waals surface area contributed by atoms with Gasteiger partial charge in [0.25, 0.3) is 0 Å². The number of carbonyl (C=O) groups excluding carboxylic acids is 1. The molecule has 134 valence electrons. The van der Waals surface area contributed by atoms with Crippen molar-refractivity contribution >= 4 is 11.8 Å². The molecule has 9 heteroatoms. The van der Waals surface area contributed by atoms with Crippen molar-refractivity contribution in [2.45, 2.75) is 19.4 Å².